The third-order valence-electron chi connectivity index (χ3n) is 3.79. The number of hydrogen-bond acceptors (Lipinski definition) is 2. The van der Waals surface area contributed by atoms with Gasteiger partial charge in [0.25, 0.3) is 0 Å². The highest BCUT2D eigenvalue weighted by atomic mass is 79.9. The van der Waals surface area contributed by atoms with E-state index in [0.29, 0.717) is 0 Å². The van der Waals surface area contributed by atoms with Crippen LogP contribution in [0.5, 0.6) is 0 Å². The first kappa shape index (κ1) is 14.5. The van der Waals surface area contributed by atoms with Gasteiger partial charge in [0, 0.05) is 18.4 Å². The molecule has 1 heterocycles. The fourth-order valence-corrected chi connectivity index (χ4v) is 3.22. The number of likely N-dealkylation sites (tertiary alicyclic amines) is 1. The van der Waals surface area contributed by atoms with Crippen molar-refractivity contribution in [2.75, 3.05) is 25.0 Å². The standard InChI is InChI=1S/C13H26BrNO/c1-11(2)12(9-14)10-15-7-4-5-13(3,16)6-8-15/h11-12,16H,4-10H2,1-3H3. The zero-order valence-corrected chi connectivity index (χ0v) is 12.5. The maximum atomic E-state index is 10.0. The Morgan fingerprint density at radius 3 is 2.56 bits per heavy atom. The van der Waals surface area contributed by atoms with Gasteiger partial charge in [-0.2, -0.15) is 0 Å². The molecule has 1 fully saturated rings. The Bertz CT molecular complexity index is 206. The Morgan fingerprint density at radius 1 is 1.31 bits per heavy atom. The van der Waals surface area contributed by atoms with Crippen LogP contribution in [0, 0.1) is 11.8 Å². The van der Waals surface area contributed by atoms with Gasteiger partial charge in [-0.1, -0.05) is 29.8 Å². The predicted octanol–water partition coefficient (Wildman–Crippen LogP) is 2.89. The number of hydrogen-bond donors (Lipinski definition) is 1. The molecular formula is C13H26BrNO. The van der Waals surface area contributed by atoms with Gasteiger partial charge < -0.3 is 10.0 Å². The quantitative estimate of drug-likeness (QED) is 0.805. The molecule has 0 amide bonds. The molecule has 2 unspecified atom stereocenters. The van der Waals surface area contributed by atoms with Gasteiger partial charge in [0.05, 0.1) is 5.60 Å². The second-order valence-corrected chi connectivity index (χ2v) is 6.46. The van der Waals surface area contributed by atoms with Crippen LogP contribution in [-0.4, -0.2) is 40.6 Å². The Kier molecular flexibility index (Phi) is 5.75. The summed E-state index contributed by atoms with van der Waals surface area (Å²) in [5.74, 6) is 1.45. The van der Waals surface area contributed by atoms with Crippen LogP contribution >= 0.6 is 15.9 Å². The summed E-state index contributed by atoms with van der Waals surface area (Å²) in [6.45, 7) is 9.91. The molecule has 1 saturated heterocycles. The SMILES string of the molecule is CC(C)C(CBr)CN1CCCC(C)(O)CC1. The summed E-state index contributed by atoms with van der Waals surface area (Å²) >= 11 is 3.61. The smallest absolute Gasteiger partial charge is 0.0632 e. The average molecular weight is 292 g/mol. The van der Waals surface area contributed by atoms with Crippen LogP contribution in [0.3, 0.4) is 0 Å². The Morgan fingerprint density at radius 2 is 2.00 bits per heavy atom. The van der Waals surface area contributed by atoms with Crippen LogP contribution < -0.4 is 0 Å². The lowest BCUT2D eigenvalue weighted by Gasteiger charge is -2.28. The normalized spacial score (nSPS) is 30.4. The van der Waals surface area contributed by atoms with E-state index in [1.807, 2.05) is 6.92 Å². The molecule has 3 heteroatoms. The van der Waals surface area contributed by atoms with Crippen molar-refractivity contribution in [3.05, 3.63) is 0 Å². The van der Waals surface area contributed by atoms with Crippen LogP contribution in [0.15, 0.2) is 0 Å². The highest BCUT2D eigenvalue weighted by Gasteiger charge is 2.26. The first-order valence-electron chi connectivity index (χ1n) is 6.45. The third kappa shape index (κ3) is 4.72. The van der Waals surface area contributed by atoms with Crippen molar-refractivity contribution in [1.82, 2.24) is 4.90 Å². The molecule has 1 aliphatic heterocycles. The van der Waals surface area contributed by atoms with Gasteiger partial charge in [-0.15, -0.1) is 0 Å². The fraction of sp³-hybridized carbons (Fsp3) is 1.00. The maximum absolute atomic E-state index is 10.0. The van der Waals surface area contributed by atoms with Gasteiger partial charge in [-0.3, -0.25) is 0 Å². The average Bonchev–Trinajstić information content (AvgIpc) is 2.36. The minimum atomic E-state index is -0.434. The first-order valence-corrected chi connectivity index (χ1v) is 7.57. The van der Waals surface area contributed by atoms with E-state index in [1.165, 1.54) is 6.54 Å². The third-order valence-corrected chi connectivity index (χ3v) is 4.62. The number of nitrogens with zero attached hydrogens (tertiary/aromatic N) is 1. The largest absolute Gasteiger partial charge is 0.390 e. The minimum Gasteiger partial charge on any atom is -0.390 e. The second-order valence-electron chi connectivity index (χ2n) is 5.81. The van der Waals surface area contributed by atoms with Gasteiger partial charge in [-0.25, -0.2) is 0 Å². The van der Waals surface area contributed by atoms with Gasteiger partial charge in [0.15, 0.2) is 0 Å². The predicted molar refractivity (Wildman–Crippen MR) is 73.0 cm³/mol. The molecule has 16 heavy (non-hydrogen) atoms. The summed E-state index contributed by atoms with van der Waals surface area (Å²) in [4.78, 5) is 2.52. The summed E-state index contributed by atoms with van der Waals surface area (Å²) in [6.07, 6.45) is 2.99. The number of alkyl halides is 1. The van der Waals surface area contributed by atoms with Gasteiger partial charge >= 0.3 is 0 Å². The van der Waals surface area contributed by atoms with Gasteiger partial charge in [-0.05, 0) is 44.6 Å². The highest BCUT2D eigenvalue weighted by molar-refractivity contribution is 9.09. The van der Waals surface area contributed by atoms with Crippen LogP contribution in [0.1, 0.15) is 40.0 Å². The molecule has 1 N–H and O–H groups in total. The van der Waals surface area contributed by atoms with E-state index >= 15 is 0 Å². The van der Waals surface area contributed by atoms with Crippen molar-refractivity contribution in [2.45, 2.75) is 45.6 Å². The van der Waals surface area contributed by atoms with Crippen LogP contribution in [0.2, 0.25) is 0 Å². The van der Waals surface area contributed by atoms with Crippen LogP contribution in [0.25, 0.3) is 0 Å². The molecule has 0 aliphatic carbocycles. The van der Waals surface area contributed by atoms with E-state index < -0.39 is 5.60 Å². The monoisotopic (exact) mass is 291 g/mol. The van der Waals surface area contributed by atoms with Crippen molar-refractivity contribution in [3.8, 4) is 0 Å². The summed E-state index contributed by atoms with van der Waals surface area (Å²) < 4.78 is 0. The first-order chi connectivity index (χ1) is 7.44. The lowest BCUT2D eigenvalue weighted by Crippen LogP contribution is -2.34. The highest BCUT2D eigenvalue weighted by Crippen LogP contribution is 2.23. The van der Waals surface area contributed by atoms with Crippen molar-refractivity contribution in [2.24, 2.45) is 11.8 Å². The van der Waals surface area contributed by atoms with Crippen molar-refractivity contribution in [1.29, 1.82) is 0 Å². The number of aliphatic hydroxyl groups is 1. The fourth-order valence-electron chi connectivity index (χ4n) is 2.27. The van der Waals surface area contributed by atoms with Crippen LogP contribution in [-0.2, 0) is 0 Å². The van der Waals surface area contributed by atoms with Gasteiger partial charge in [0.1, 0.15) is 0 Å². The lowest BCUT2D eigenvalue weighted by molar-refractivity contribution is 0.0440. The topological polar surface area (TPSA) is 23.5 Å². The van der Waals surface area contributed by atoms with Gasteiger partial charge in [0.2, 0.25) is 0 Å². The molecule has 0 radical (unpaired) electrons. The zero-order valence-electron chi connectivity index (χ0n) is 10.9. The second kappa shape index (κ2) is 6.36. The molecule has 1 rings (SSSR count). The molecule has 0 aromatic carbocycles. The Labute approximate surface area is 109 Å². The van der Waals surface area contributed by atoms with Crippen LogP contribution in [0.4, 0.5) is 0 Å². The van der Waals surface area contributed by atoms with Crippen molar-refractivity contribution < 1.29 is 5.11 Å². The van der Waals surface area contributed by atoms with E-state index in [2.05, 4.69) is 34.7 Å². The Hall–Kier alpha value is 0.400. The van der Waals surface area contributed by atoms with E-state index in [0.717, 1.165) is 49.5 Å². The van der Waals surface area contributed by atoms with E-state index in [4.69, 9.17) is 0 Å². The summed E-state index contributed by atoms with van der Waals surface area (Å²) in [5.41, 5.74) is -0.434. The minimum absolute atomic E-state index is 0.434. The molecule has 96 valence electrons. The maximum Gasteiger partial charge on any atom is 0.0632 e. The number of halogens is 1. The van der Waals surface area contributed by atoms with Crippen molar-refractivity contribution in [3.63, 3.8) is 0 Å². The van der Waals surface area contributed by atoms with E-state index in [-0.39, 0.29) is 0 Å². The summed E-state index contributed by atoms with van der Waals surface area (Å²) in [5, 5.41) is 11.1. The molecule has 0 saturated carbocycles. The Balaban J connectivity index is 2.43. The van der Waals surface area contributed by atoms with E-state index in [1.54, 1.807) is 0 Å². The summed E-state index contributed by atoms with van der Waals surface area (Å²) in [7, 11) is 0. The number of rotatable bonds is 4. The molecule has 1 aliphatic rings. The molecular weight excluding hydrogens is 266 g/mol. The van der Waals surface area contributed by atoms with Crippen molar-refractivity contribution >= 4 is 15.9 Å². The molecule has 0 bridgehead atoms. The van der Waals surface area contributed by atoms with E-state index in [9.17, 15) is 5.11 Å². The molecule has 2 atom stereocenters. The molecule has 0 aromatic heterocycles. The lowest BCUT2D eigenvalue weighted by atomic mass is 9.97. The molecule has 2 nitrogen and oxygen atoms in total. The zero-order chi connectivity index (χ0) is 12.2. The molecule has 0 spiro atoms. The summed E-state index contributed by atoms with van der Waals surface area (Å²) in [6, 6.07) is 0. The molecule has 0 aromatic rings.